The minimum atomic E-state index is -2.84. The molecule has 2 heterocycles. The van der Waals surface area contributed by atoms with Gasteiger partial charge in [0.25, 0.3) is 0 Å². The van der Waals surface area contributed by atoms with Gasteiger partial charge in [0.05, 0.1) is 11.4 Å². The normalized spacial score (nSPS) is 16.4. The van der Waals surface area contributed by atoms with Crippen molar-refractivity contribution >= 4 is 35.6 Å². The molecule has 1 aromatic carbocycles. The van der Waals surface area contributed by atoms with Gasteiger partial charge in [0.1, 0.15) is 11.5 Å². The van der Waals surface area contributed by atoms with Gasteiger partial charge in [-0.25, -0.2) is 0 Å². The number of anilines is 1. The molecule has 0 saturated carbocycles. The molecule has 1 aromatic heterocycles. The van der Waals surface area contributed by atoms with Crippen molar-refractivity contribution in [2.45, 2.75) is 46.3 Å². The number of nitrogens with one attached hydrogen (secondary N) is 2. The second-order valence-corrected chi connectivity index (χ2v) is 7.24. The van der Waals surface area contributed by atoms with Crippen LogP contribution in [-0.2, 0) is 6.42 Å². The molecule has 1 saturated heterocycles. The number of halogens is 3. The molecule has 0 aliphatic carbocycles. The number of nitrogens with zero attached hydrogens (tertiary/aromatic N) is 3. The summed E-state index contributed by atoms with van der Waals surface area (Å²) in [6.45, 7) is 5.81. The third kappa shape index (κ3) is 6.94. The van der Waals surface area contributed by atoms with E-state index >= 15 is 0 Å². The van der Waals surface area contributed by atoms with Gasteiger partial charge in [0.15, 0.2) is 5.96 Å². The van der Waals surface area contributed by atoms with Gasteiger partial charge in [0.2, 0.25) is 0 Å². The van der Waals surface area contributed by atoms with Crippen molar-refractivity contribution in [3.63, 3.8) is 0 Å². The first-order chi connectivity index (χ1) is 14.5. The number of rotatable bonds is 8. The van der Waals surface area contributed by atoms with Gasteiger partial charge in [-0.3, -0.25) is 4.99 Å². The molecule has 0 amide bonds. The Bertz CT molecular complexity index is 843. The Kier molecular flexibility index (Phi) is 9.79. The number of aryl methyl sites for hydroxylation is 2. The molecular weight excluding hydrogens is 519 g/mol. The summed E-state index contributed by atoms with van der Waals surface area (Å²) in [6, 6.07) is 7.06. The molecule has 3 rings (SSSR count). The van der Waals surface area contributed by atoms with Crippen LogP contribution in [0.1, 0.15) is 30.4 Å². The van der Waals surface area contributed by atoms with E-state index in [1.165, 1.54) is 0 Å². The molecule has 1 fully saturated rings. The quantitative estimate of drug-likeness (QED) is 0.296. The predicted molar refractivity (Wildman–Crippen MR) is 128 cm³/mol. The Morgan fingerprint density at radius 2 is 2.13 bits per heavy atom. The van der Waals surface area contributed by atoms with Crippen LogP contribution in [0.25, 0.3) is 0 Å². The van der Waals surface area contributed by atoms with Crippen molar-refractivity contribution in [2.75, 3.05) is 31.1 Å². The highest BCUT2D eigenvalue weighted by molar-refractivity contribution is 14.0. The minimum absolute atomic E-state index is 0. The zero-order valence-corrected chi connectivity index (χ0v) is 20.4. The number of alkyl halides is 2. The highest BCUT2D eigenvalue weighted by Crippen LogP contribution is 2.31. The summed E-state index contributed by atoms with van der Waals surface area (Å²) in [7, 11) is 0. The number of guanidine groups is 1. The van der Waals surface area contributed by atoms with E-state index in [2.05, 4.69) is 30.4 Å². The summed E-state index contributed by atoms with van der Waals surface area (Å²) in [5.74, 6) is 1.78. The molecule has 2 aromatic rings. The van der Waals surface area contributed by atoms with E-state index in [0.717, 1.165) is 48.9 Å². The highest BCUT2D eigenvalue weighted by atomic mass is 127. The number of ether oxygens (including phenoxy) is 1. The van der Waals surface area contributed by atoms with E-state index in [1.54, 1.807) is 12.1 Å². The maximum atomic E-state index is 12.7. The summed E-state index contributed by atoms with van der Waals surface area (Å²) in [5, 5.41) is 10.7. The van der Waals surface area contributed by atoms with Crippen LogP contribution in [0.5, 0.6) is 5.75 Å². The van der Waals surface area contributed by atoms with Crippen molar-refractivity contribution in [1.82, 2.24) is 15.8 Å². The lowest BCUT2D eigenvalue weighted by Gasteiger charge is -2.22. The highest BCUT2D eigenvalue weighted by Gasteiger charge is 2.26. The van der Waals surface area contributed by atoms with Gasteiger partial charge in [-0.1, -0.05) is 17.3 Å². The average Bonchev–Trinajstić information content (AvgIpc) is 3.29. The van der Waals surface area contributed by atoms with Crippen molar-refractivity contribution in [3.05, 3.63) is 41.3 Å². The minimum Gasteiger partial charge on any atom is -0.433 e. The largest absolute Gasteiger partial charge is 0.433 e. The summed E-state index contributed by atoms with van der Waals surface area (Å²) in [4.78, 5) is 6.73. The molecule has 7 nitrogen and oxygen atoms in total. The standard InChI is InChI=1S/C21H29F2N5O2.HI/c1-4-24-21(25-11-9-17-14(2)27-30-15(17)3)26-16-10-12-28(13-16)18-7-5-6-8-19(18)29-20(22)23;/h5-8,16,20H,4,9-13H2,1-3H3,(H2,24,25,26);1H. The van der Waals surface area contributed by atoms with Crippen LogP contribution in [-0.4, -0.2) is 49.9 Å². The van der Waals surface area contributed by atoms with Crippen LogP contribution in [0.3, 0.4) is 0 Å². The summed E-state index contributed by atoms with van der Waals surface area (Å²) < 4.78 is 35.3. The molecule has 10 heteroatoms. The number of para-hydroxylation sites is 2. The van der Waals surface area contributed by atoms with E-state index in [4.69, 9.17) is 4.52 Å². The second kappa shape index (κ2) is 12.1. The van der Waals surface area contributed by atoms with Crippen molar-refractivity contribution < 1.29 is 18.0 Å². The third-order valence-electron chi connectivity index (χ3n) is 5.11. The number of aromatic nitrogens is 1. The van der Waals surface area contributed by atoms with Crippen LogP contribution in [0, 0.1) is 13.8 Å². The zero-order chi connectivity index (χ0) is 21.5. The molecule has 0 bridgehead atoms. The third-order valence-corrected chi connectivity index (χ3v) is 5.11. The summed E-state index contributed by atoms with van der Waals surface area (Å²) in [5.41, 5.74) is 2.68. The monoisotopic (exact) mass is 549 g/mol. The van der Waals surface area contributed by atoms with E-state index in [0.29, 0.717) is 18.8 Å². The number of hydrogen-bond acceptors (Lipinski definition) is 5. The first-order valence-electron chi connectivity index (χ1n) is 10.2. The fraction of sp³-hybridized carbons (Fsp3) is 0.524. The maximum absolute atomic E-state index is 12.7. The van der Waals surface area contributed by atoms with Crippen molar-refractivity contribution in [2.24, 2.45) is 4.99 Å². The molecule has 1 atom stereocenters. The Morgan fingerprint density at radius 3 is 2.81 bits per heavy atom. The zero-order valence-electron chi connectivity index (χ0n) is 18.0. The smallest absolute Gasteiger partial charge is 0.387 e. The Morgan fingerprint density at radius 1 is 1.35 bits per heavy atom. The topological polar surface area (TPSA) is 74.9 Å². The lowest BCUT2D eigenvalue weighted by molar-refractivity contribution is -0.0495. The summed E-state index contributed by atoms with van der Waals surface area (Å²) >= 11 is 0. The second-order valence-electron chi connectivity index (χ2n) is 7.24. The van der Waals surface area contributed by atoms with Gasteiger partial charge >= 0.3 is 6.61 Å². The SMILES string of the molecule is CCNC(=NCCc1c(C)noc1C)NC1CCN(c2ccccc2OC(F)F)C1.I. The molecule has 1 aliphatic heterocycles. The molecular formula is C21H30F2IN5O2. The fourth-order valence-electron chi connectivity index (χ4n) is 3.66. The number of hydrogen-bond donors (Lipinski definition) is 2. The first-order valence-corrected chi connectivity index (χ1v) is 10.2. The summed E-state index contributed by atoms with van der Waals surface area (Å²) in [6.07, 6.45) is 1.63. The molecule has 1 unspecified atom stereocenters. The molecule has 0 spiro atoms. The van der Waals surface area contributed by atoms with Crippen LogP contribution in [0.2, 0.25) is 0 Å². The molecule has 2 N–H and O–H groups in total. The predicted octanol–water partition coefficient (Wildman–Crippen LogP) is 3.89. The van der Waals surface area contributed by atoms with Gasteiger partial charge in [-0.15, -0.1) is 24.0 Å². The van der Waals surface area contributed by atoms with Gasteiger partial charge in [-0.05, 0) is 45.7 Å². The lowest BCUT2D eigenvalue weighted by Crippen LogP contribution is -2.44. The van der Waals surface area contributed by atoms with Crippen LogP contribution < -0.4 is 20.3 Å². The van der Waals surface area contributed by atoms with E-state index in [9.17, 15) is 8.78 Å². The van der Waals surface area contributed by atoms with Crippen molar-refractivity contribution in [3.8, 4) is 5.75 Å². The number of aliphatic imine (C=N–C) groups is 1. The van der Waals surface area contributed by atoms with Gasteiger partial charge in [0, 0.05) is 37.8 Å². The Labute approximate surface area is 198 Å². The maximum Gasteiger partial charge on any atom is 0.387 e. The Balaban J connectivity index is 0.00000341. The van der Waals surface area contributed by atoms with E-state index in [1.807, 2.05) is 32.9 Å². The Hall–Kier alpha value is -2.11. The molecule has 31 heavy (non-hydrogen) atoms. The average molecular weight is 549 g/mol. The molecule has 1 aliphatic rings. The lowest BCUT2D eigenvalue weighted by atomic mass is 10.1. The van der Waals surface area contributed by atoms with Gasteiger partial charge < -0.3 is 24.8 Å². The molecule has 0 radical (unpaired) electrons. The van der Waals surface area contributed by atoms with Crippen LogP contribution in [0.15, 0.2) is 33.8 Å². The molecule has 172 valence electrons. The number of benzene rings is 1. The van der Waals surface area contributed by atoms with E-state index in [-0.39, 0.29) is 35.8 Å². The fourth-order valence-corrected chi connectivity index (χ4v) is 3.66. The van der Waals surface area contributed by atoms with Crippen LogP contribution >= 0.6 is 24.0 Å². The first kappa shape index (κ1) is 25.2. The van der Waals surface area contributed by atoms with E-state index < -0.39 is 6.61 Å². The van der Waals surface area contributed by atoms with Crippen LogP contribution in [0.4, 0.5) is 14.5 Å². The van der Waals surface area contributed by atoms with Crippen molar-refractivity contribution in [1.29, 1.82) is 0 Å². The van der Waals surface area contributed by atoms with Gasteiger partial charge in [-0.2, -0.15) is 8.78 Å².